The minimum atomic E-state index is -1.31. The van der Waals surface area contributed by atoms with Crippen molar-refractivity contribution in [1.82, 2.24) is 9.88 Å². The second-order valence-electron chi connectivity index (χ2n) is 5.31. The Bertz CT molecular complexity index is 488. The quantitative estimate of drug-likeness (QED) is 0.825. The Morgan fingerprint density at radius 2 is 2.32 bits per heavy atom. The van der Waals surface area contributed by atoms with Gasteiger partial charge in [0.05, 0.1) is 13.7 Å². The van der Waals surface area contributed by atoms with Crippen LogP contribution >= 0.6 is 0 Å². The number of likely N-dealkylation sites (tertiary alicyclic amines) is 1. The van der Waals surface area contributed by atoms with Crippen molar-refractivity contribution in [2.24, 2.45) is 0 Å². The first kappa shape index (κ1) is 13.8. The van der Waals surface area contributed by atoms with Gasteiger partial charge in [-0.25, -0.2) is 9.37 Å². The molecule has 1 fully saturated rings. The van der Waals surface area contributed by atoms with Gasteiger partial charge in [-0.3, -0.25) is 4.79 Å². The number of alkyl halides is 1. The molecule has 1 aromatic heterocycles. The first-order chi connectivity index (χ1) is 8.93. The number of hydrogen-bond acceptors (Lipinski definition) is 3. The van der Waals surface area contributed by atoms with Crippen LogP contribution in [0.25, 0.3) is 0 Å². The molecule has 5 heteroatoms. The van der Waals surface area contributed by atoms with Gasteiger partial charge in [0.15, 0.2) is 5.69 Å². The second kappa shape index (κ2) is 5.15. The van der Waals surface area contributed by atoms with Crippen molar-refractivity contribution in [2.45, 2.75) is 32.4 Å². The van der Waals surface area contributed by atoms with Gasteiger partial charge in [0.2, 0.25) is 0 Å². The van der Waals surface area contributed by atoms with E-state index in [0.29, 0.717) is 25.1 Å². The lowest BCUT2D eigenvalue weighted by Crippen LogP contribution is -2.46. The molecule has 0 aromatic carbocycles. The van der Waals surface area contributed by atoms with E-state index in [1.54, 1.807) is 12.3 Å². The van der Waals surface area contributed by atoms with Crippen molar-refractivity contribution in [1.29, 1.82) is 0 Å². The molecule has 0 spiro atoms. The number of rotatable bonds is 2. The molecule has 1 amide bonds. The number of carbonyl (C=O) groups excluding carboxylic acids is 1. The molecule has 104 valence electrons. The number of nitrogens with zero attached hydrogens (tertiary/aromatic N) is 2. The van der Waals surface area contributed by atoms with Crippen LogP contribution < -0.4 is 4.74 Å². The maximum absolute atomic E-state index is 14.0. The van der Waals surface area contributed by atoms with E-state index in [1.165, 1.54) is 18.9 Å². The van der Waals surface area contributed by atoms with Crippen molar-refractivity contribution in [3.63, 3.8) is 0 Å². The number of amides is 1. The average Bonchev–Trinajstić information content (AvgIpc) is 2.36. The highest BCUT2D eigenvalue weighted by molar-refractivity contribution is 5.95. The Morgan fingerprint density at radius 1 is 1.58 bits per heavy atom. The largest absolute Gasteiger partial charge is 0.494 e. The molecule has 0 radical (unpaired) electrons. The summed E-state index contributed by atoms with van der Waals surface area (Å²) in [6, 6.07) is 1.76. The summed E-state index contributed by atoms with van der Waals surface area (Å²) >= 11 is 0. The van der Waals surface area contributed by atoms with E-state index in [9.17, 15) is 9.18 Å². The van der Waals surface area contributed by atoms with Gasteiger partial charge in [-0.15, -0.1) is 0 Å². The summed E-state index contributed by atoms with van der Waals surface area (Å²) in [7, 11) is 1.50. The second-order valence-corrected chi connectivity index (χ2v) is 5.31. The molecule has 1 atom stereocenters. The van der Waals surface area contributed by atoms with Crippen molar-refractivity contribution in [3.05, 3.63) is 23.5 Å². The fraction of sp³-hybridized carbons (Fsp3) is 0.571. The molecular weight excluding hydrogens is 247 g/mol. The molecular formula is C14H19FN2O2. The van der Waals surface area contributed by atoms with E-state index < -0.39 is 5.67 Å². The lowest BCUT2D eigenvalue weighted by Gasteiger charge is -2.35. The lowest BCUT2D eigenvalue weighted by molar-refractivity contribution is 0.0410. The van der Waals surface area contributed by atoms with Gasteiger partial charge in [0.25, 0.3) is 5.91 Å². The Hall–Kier alpha value is -1.65. The first-order valence-electron chi connectivity index (χ1n) is 6.42. The minimum Gasteiger partial charge on any atom is -0.494 e. The third kappa shape index (κ3) is 3.03. The molecule has 1 aliphatic heterocycles. The Balaban J connectivity index is 2.24. The number of carbonyl (C=O) groups is 1. The third-order valence-electron chi connectivity index (χ3n) is 3.35. The molecule has 0 saturated carbocycles. The van der Waals surface area contributed by atoms with Crippen molar-refractivity contribution >= 4 is 5.91 Å². The number of pyridine rings is 1. The van der Waals surface area contributed by atoms with E-state index in [4.69, 9.17) is 4.74 Å². The molecule has 2 heterocycles. The topological polar surface area (TPSA) is 42.4 Å². The zero-order valence-corrected chi connectivity index (χ0v) is 11.6. The molecule has 2 rings (SSSR count). The van der Waals surface area contributed by atoms with Crippen LogP contribution in [0, 0.1) is 6.92 Å². The van der Waals surface area contributed by atoms with Crippen LogP contribution in [0.1, 0.15) is 35.8 Å². The van der Waals surface area contributed by atoms with Crippen LogP contribution in [0.15, 0.2) is 12.3 Å². The zero-order chi connectivity index (χ0) is 14.0. The number of ether oxygens (including phenoxy) is 1. The number of hydrogen-bond donors (Lipinski definition) is 0. The molecule has 1 aliphatic rings. The van der Waals surface area contributed by atoms with Gasteiger partial charge >= 0.3 is 0 Å². The molecule has 1 saturated heterocycles. The molecule has 4 nitrogen and oxygen atoms in total. The minimum absolute atomic E-state index is 0.116. The van der Waals surface area contributed by atoms with Crippen molar-refractivity contribution in [2.75, 3.05) is 20.2 Å². The van der Waals surface area contributed by atoms with Gasteiger partial charge in [-0.1, -0.05) is 0 Å². The number of halogens is 1. The predicted molar refractivity (Wildman–Crippen MR) is 70.2 cm³/mol. The Morgan fingerprint density at radius 3 is 2.95 bits per heavy atom. The Labute approximate surface area is 112 Å². The van der Waals surface area contributed by atoms with Crippen LogP contribution in [0.3, 0.4) is 0 Å². The van der Waals surface area contributed by atoms with E-state index >= 15 is 0 Å². The standard InChI is InChI=1S/C14H19FN2O2/c1-10-7-11(19-3)12(16-8-10)13(18)17-6-4-5-14(2,15)9-17/h7-8H,4-6,9H2,1-3H3/t14-/m0/s1. The smallest absolute Gasteiger partial charge is 0.276 e. The van der Waals surface area contributed by atoms with Crippen LogP contribution in [-0.4, -0.2) is 41.7 Å². The summed E-state index contributed by atoms with van der Waals surface area (Å²) in [5, 5.41) is 0. The fourth-order valence-corrected chi connectivity index (χ4v) is 2.38. The van der Waals surface area contributed by atoms with Gasteiger partial charge in [-0.2, -0.15) is 0 Å². The molecule has 0 N–H and O–H groups in total. The number of aromatic nitrogens is 1. The van der Waals surface area contributed by atoms with Crippen LogP contribution in [0.5, 0.6) is 5.75 Å². The zero-order valence-electron chi connectivity index (χ0n) is 11.6. The Kier molecular flexibility index (Phi) is 3.73. The van der Waals surface area contributed by atoms with Crippen molar-refractivity contribution in [3.8, 4) is 5.75 Å². The number of aryl methyl sites for hydroxylation is 1. The summed E-state index contributed by atoms with van der Waals surface area (Å²) < 4.78 is 19.2. The van der Waals surface area contributed by atoms with Crippen molar-refractivity contribution < 1.29 is 13.9 Å². The fourth-order valence-electron chi connectivity index (χ4n) is 2.38. The van der Waals surface area contributed by atoms with Gasteiger partial charge in [0, 0.05) is 12.7 Å². The van der Waals surface area contributed by atoms with E-state index in [-0.39, 0.29) is 18.1 Å². The summed E-state index contributed by atoms with van der Waals surface area (Å²) in [6.45, 7) is 4.09. The highest BCUT2D eigenvalue weighted by atomic mass is 19.1. The monoisotopic (exact) mass is 266 g/mol. The normalized spacial score (nSPS) is 23.3. The molecule has 0 aliphatic carbocycles. The van der Waals surface area contributed by atoms with Gasteiger partial charge in [0.1, 0.15) is 11.4 Å². The molecule has 0 unspecified atom stereocenters. The third-order valence-corrected chi connectivity index (χ3v) is 3.35. The SMILES string of the molecule is COc1cc(C)cnc1C(=O)N1CCC[C@](C)(F)C1. The van der Waals surface area contributed by atoms with Gasteiger partial charge in [-0.05, 0) is 38.3 Å². The van der Waals surface area contributed by atoms with E-state index in [1.807, 2.05) is 6.92 Å². The summed E-state index contributed by atoms with van der Waals surface area (Å²) in [5.74, 6) is 0.177. The highest BCUT2D eigenvalue weighted by Gasteiger charge is 2.34. The van der Waals surface area contributed by atoms with E-state index in [0.717, 1.165) is 5.56 Å². The number of methoxy groups -OCH3 is 1. The predicted octanol–water partition coefficient (Wildman–Crippen LogP) is 2.36. The van der Waals surface area contributed by atoms with Gasteiger partial charge < -0.3 is 9.64 Å². The van der Waals surface area contributed by atoms with Crippen LogP contribution in [-0.2, 0) is 0 Å². The number of piperidine rings is 1. The van der Waals surface area contributed by atoms with Crippen LogP contribution in [0.4, 0.5) is 4.39 Å². The first-order valence-corrected chi connectivity index (χ1v) is 6.42. The summed E-state index contributed by atoms with van der Waals surface area (Å²) in [5.41, 5.74) is -0.139. The summed E-state index contributed by atoms with van der Waals surface area (Å²) in [6.07, 6.45) is 2.79. The maximum Gasteiger partial charge on any atom is 0.276 e. The van der Waals surface area contributed by atoms with Crippen LogP contribution in [0.2, 0.25) is 0 Å². The van der Waals surface area contributed by atoms with E-state index in [2.05, 4.69) is 4.98 Å². The summed E-state index contributed by atoms with van der Waals surface area (Å²) in [4.78, 5) is 18.0. The highest BCUT2D eigenvalue weighted by Crippen LogP contribution is 2.27. The molecule has 0 bridgehead atoms. The lowest BCUT2D eigenvalue weighted by atomic mass is 9.96. The average molecular weight is 266 g/mol. The molecule has 19 heavy (non-hydrogen) atoms. The molecule has 1 aromatic rings. The maximum atomic E-state index is 14.0.